The van der Waals surface area contributed by atoms with Crippen molar-refractivity contribution in [1.82, 2.24) is 15.0 Å². The zero-order chi connectivity index (χ0) is 13.9. The van der Waals surface area contributed by atoms with Crippen molar-refractivity contribution in [3.63, 3.8) is 0 Å². The lowest BCUT2D eigenvalue weighted by Gasteiger charge is -2.19. The third-order valence-corrected chi connectivity index (χ3v) is 5.64. The normalized spacial score (nSPS) is 30.4. The molecule has 2 aromatic heterocycles. The summed E-state index contributed by atoms with van der Waals surface area (Å²) in [5.41, 5.74) is 2.83. The number of hydrogen-bond acceptors (Lipinski definition) is 3. The van der Waals surface area contributed by atoms with E-state index in [-0.39, 0.29) is 0 Å². The molecule has 106 valence electrons. The molecule has 2 saturated carbocycles. The van der Waals surface area contributed by atoms with E-state index < -0.39 is 0 Å². The lowest BCUT2D eigenvalue weighted by molar-refractivity contribution is 0.444. The van der Waals surface area contributed by atoms with E-state index in [1.165, 1.54) is 23.8 Å². The van der Waals surface area contributed by atoms with Gasteiger partial charge in [0, 0.05) is 12.2 Å². The highest BCUT2D eigenvalue weighted by molar-refractivity contribution is 5.90. The monoisotopic (exact) mass is 270 g/mol. The number of hydrogen-bond donors (Lipinski definition) is 2. The first-order valence-corrected chi connectivity index (χ1v) is 7.68. The molecule has 4 nitrogen and oxygen atoms in total. The summed E-state index contributed by atoms with van der Waals surface area (Å²) in [6, 6.07) is 0.579. The first-order valence-electron chi connectivity index (χ1n) is 7.68. The van der Waals surface area contributed by atoms with Gasteiger partial charge in [-0.05, 0) is 42.1 Å². The fourth-order valence-corrected chi connectivity index (χ4v) is 4.23. The molecule has 2 aliphatic rings. The molecule has 2 heterocycles. The molecule has 3 atom stereocenters. The van der Waals surface area contributed by atoms with Crippen LogP contribution in [-0.2, 0) is 6.42 Å². The van der Waals surface area contributed by atoms with Gasteiger partial charge in [0.2, 0.25) is 0 Å². The quantitative estimate of drug-likeness (QED) is 0.899. The molecule has 2 aromatic rings. The molecule has 0 aliphatic heterocycles. The topological polar surface area (TPSA) is 53.6 Å². The van der Waals surface area contributed by atoms with Gasteiger partial charge in [0.25, 0.3) is 0 Å². The van der Waals surface area contributed by atoms with Gasteiger partial charge >= 0.3 is 0 Å². The molecule has 2 fully saturated rings. The van der Waals surface area contributed by atoms with Crippen molar-refractivity contribution >= 4 is 16.9 Å². The highest BCUT2D eigenvalue weighted by atomic mass is 15.1. The van der Waals surface area contributed by atoms with Gasteiger partial charge in [-0.1, -0.05) is 20.8 Å². The lowest BCUT2D eigenvalue weighted by atomic mass is 9.98. The molecule has 0 spiro atoms. The van der Waals surface area contributed by atoms with Gasteiger partial charge in [-0.2, -0.15) is 0 Å². The minimum absolute atomic E-state index is 0.579. The third-order valence-electron chi connectivity index (χ3n) is 5.64. The van der Waals surface area contributed by atoms with Crippen LogP contribution >= 0.6 is 0 Å². The summed E-state index contributed by atoms with van der Waals surface area (Å²) in [6.45, 7) is 6.98. The smallest absolute Gasteiger partial charge is 0.143 e. The summed E-state index contributed by atoms with van der Waals surface area (Å²) in [7, 11) is 0. The summed E-state index contributed by atoms with van der Waals surface area (Å²) < 4.78 is 0. The van der Waals surface area contributed by atoms with Crippen LogP contribution in [0.3, 0.4) is 0 Å². The number of fused-ring (bicyclic) bond motifs is 2. The summed E-state index contributed by atoms with van der Waals surface area (Å²) in [6.07, 6.45) is 7.29. The van der Waals surface area contributed by atoms with Crippen LogP contribution in [0.25, 0.3) is 11.0 Å². The van der Waals surface area contributed by atoms with E-state index >= 15 is 0 Å². The Balaban J connectivity index is 1.59. The molecule has 0 bridgehead atoms. The van der Waals surface area contributed by atoms with Gasteiger partial charge in [0.15, 0.2) is 0 Å². The summed E-state index contributed by atoms with van der Waals surface area (Å²) in [5.74, 6) is 2.83. The molecular weight excluding hydrogens is 248 g/mol. The Hall–Kier alpha value is -1.58. The van der Waals surface area contributed by atoms with E-state index in [0.717, 1.165) is 29.7 Å². The van der Waals surface area contributed by atoms with Gasteiger partial charge in [-0.25, -0.2) is 9.97 Å². The molecule has 0 radical (unpaired) electrons. The zero-order valence-electron chi connectivity index (χ0n) is 12.4. The third kappa shape index (κ3) is 1.60. The molecule has 4 heteroatoms. The molecule has 2 aliphatic carbocycles. The number of rotatable bonds is 3. The van der Waals surface area contributed by atoms with Gasteiger partial charge in [-0.3, -0.25) is 0 Å². The van der Waals surface area contributed by atoms with Crippen LogP contribution in [0.15, 0.2) is 12.5 Å². The Morgan fingerprint density at radius 3 is 2.75 bits per heavy atom. The van der Waals surface area contributed by atoms with Crippen molar-refractivity contribution < 1.29 is 0 Å². The molecule has 0 amide bonds. The van der Waals surface area contributed by atoms with E-state index in [4.69, 9.17) is 0 Å². The van der Waals surface area contributed by atoms with Crippen molar-refractivity contribution in [3.05, 3.63) is 18.1 Å². The molecule has 4 rings (SSSR count). The van der Waals surface area contributed by atoms with Gasteiger partial charge in [-0.15, -0.1) is 0 Å². The predicted octanol–water partition coefficient (Wildman–Crippen LogP) is 3.37. The maximum absolute atomic E-state index is 4.49. The summed E-state index contributed by atoms with van der Waals surface area (Å²) in [5, 5.41) is 4.85. The molecule has 0 aromatic carbocycles. The van der Waals surface area contributed by atoms with Gasteiger partial charge in [0.05, 0.1) is 5.39 Å². The van der Waals surface area contributed by atoms with E-state index in [1.807, 2.05) is 0 Å². The van der Waals surface area contributed by atoms with Crippen LogP contribution in [0.5, 0.6) is 0 Å². The molecule has 2 N–H and O–H groups in total. The van der Waals surface area contributed by atoms with Crippen LogP contribution in [-0.4, -0.2) is 21.0 Å². The number of nitrogens with one attached hydrogen (secondary N) is 2. The number of nitrogens with zero attached hydrogens (tertiary/aromatic N) is 2. The van der Waals surface area contributed by atoms with Crippen LogP contribution < -0.4 is 5.32 Å². The predicted molar refractivity (Wildman–Crippen MR) is 80.7 cm³/mol. The number of aryl methyl sites for hydroxylation is 1. The maximum atomic E-state index is 4.49. The summed E-state index contributed by atoms with van der Waals surface area (Å²) >= 11 is 0. The number of aromatic nitrogens is 3. The fraction of sp³-hybridized carbons (Fsp3) is 0.625. The minimum Gasteiger partial charge on any atom is -0.367 e. The maximum Gasteiger partial charge on any atom is 0.143 e. The van der Waals surface area contributed by atoms with Crippen molar-refractivity contribution in [2.24, 2.45) is 17.3 Å². The van der Waals surface area contributed by atoms with E-state index in [0.29, 0.717) is 11.5 Å². The second kappa shape index (κ2) is 3.96. The van der Waals surface area contributed by atoms with Crippen molar-refractivity contribution in [3.8, 4) is 0 Å². The lowest BCUT2D eigenvalue weighted by Crippen LogP contribution is -2.21. The van der Waals surface area contributed by atoms with E-state index in [9.17, 15) is 0 Å². The Labute approximate surface area is 119 Å². The highest BCUT2D eigenvalue weighted by Gasteiger charge is 2.61. The van der Waals surface area contributed by atoms with E-state index in [2.05, 4.69) is 47.2 Å². The average molecular weight is 270 g/mol. The van der Waals surface area contributed by atoms with Crippen LogP contribution in [0.4, 0.5) is 5.82 Å². The SMILES string of the molecule is CCc1c[nH]c2ncnc(NC3C[C@@H]4[C@H](C3)C4(C)C)c12. The standard InChI is InChI=1S/C16H22N4/c1-4-9-7-17-14-13(9)15(19-8-18-14)20-10-5-11-12(6-10)16(11,2)3/h7-8,10-12H,4-6H2,1-3H3,(H2,17,18,19,20)/t10?,11-,12+. The van der Waals surface area contributed by atoms with Gasteiger partial charge < -0.3 is 10.3 Å². The second-order valence-electron chi connectivity index (χ2n) is 6.96. The zero-order valence-corrected chi connectivity index (χ0v) is 12.4. The van der Waals surface area contributed by atoms with E-state index in [1.54, 1.807) is 6.33 Å². The van der Waals surface area contributed by atoms with Gasteiger partial charge in [0.1, 0.15) is 17.8 Å². The molecular formula is C16H22N4. The fourth-order valence-electron chi connectivity index (χ4n) is 4.23. The average Bonchev–Trinajstić information content (AvgIpc) is 2.86. The Morgan fingerprint density at radius 2 is 2.05 bits per heavy atom. The Kier molecular flexibility index (Phi) is 2.41. The largest absolute Gasteiger partial charge is 0.367 e. The van der Waals surface area contributed by atoms with Crippen LogP contribution in [0.2, 0.25) is 0 Å². The molecule has 0 saturated heterocycles. The first-order chi connectivity index (χ1) is 9.61. The summed E-state index contributed by atoms with van der Waals surface area (Å²) in [4.78, 5) is 12.1. The minimum atomic E-state index is 0.579. The van der Waals surface area contributed by atoms with Crippen molar-refractivity contribution in [1.29, 1.82) is 0 Å². The van der Waals surface area contributed by atoms with Crippen molar-refractivity contribution in [2.45, 2.75) is 46.1 Å². The van der Waals surface area contributed by atoms with Crippen LogP contribution in [0, 0.1) is 17.3 Å². The molecule has 1 unspecified atom stereocenters. The molecule has 20 heavy (non-hydrogen) atoms. The Bertz CT molecular complexity index is 644. The first kappa shape index (κ1) is 12.2. The Morgan fingerprint density at radius 1 is 1.30 bits per heavy atom. The number of anilines is 1. The second-order valence-corrected chi connectivity index (χ2v) is 6.96. The van der Waals surface area contributed by atoms with Crippen LogP contribution in [0.1, 0.15) is 39.2 Å². The number of aromatic amines is 1. The van der Waals surface area contributed by atoms with Crippen molar-refractivity contribution in [2.75, 3.05) is 5.32 Å². The number of H-pyrrole nitrogens is 1. The highest BCUT2D eigenvalue weighted by Crippen LogP contribution is 2.66.